The molecular formula is C15H17N3O4S. The fourth-order valence-corrected chi connectivity index (χ4v) is 4.55. The predicted octanol–water partition coefficient (Wildman–Crippen LogP) is 1.32. The molecule has 122 valence electrons. The number of carboxylic acids is 1. The fraction of sp³-hybridized carbons (Fsp3) is 0.400. The third-order valence-electron chi connectivity index (χ3n) is 3.96. The summed E-state index contributed by atoms with van der Waals surface area (Å²) in [6.07, 6.45) is 3.20. The summed E-state index contributed by atoms with van der Waals surface area (Å²) in [6, 6.07) is 6.63. The molecule has 8 heteroatoms. The normalized spacial score (nSPS) is 20.3. The van der Waals surface area contributed by atoms with Crippen molar-refractivity contribution in [2.24, 2.45) is 0 Å². The van der Waals surface area contributed by atoms with Gasteiger partial charge in [-0.1, -0.05) is 17.3 Å². The largest absolute Gasteiger partial charge is 0.478 e. The maximum Gasteiger partial charge on any atom is 0.335 e. The number of rotatable bonds is 4. The number of benzene rings is 1. The molecule has 1 aliphatic heterocycles. The average Bonchev–Trinajstić information content (AvgIpc) is 2.95. The monoisotopic (exact) mass is 335 g/mol. The quantitative estimate of drug-likeness (QED) is 0.904. The van der Waals surface area contributed by atoms with E-state index in [4.69, 9.17) is 5.11 Å². The SMILES string of the molecule is O=C(O)c1cccc(Cn2cc(C3CCCS(=O)(=O)C3)nn2)c1. The van der Waals surface area contributed by atoms with Crippen LogP contribution >= 0.6 is 0 Å². The van der Waals surface area contributed by atoms with E-state index in [1.54, 1.807) is 23.0 Å². The van der Waals surface area contributed by atoms with Gasteiger partial charge in [-0.25, -0.2) is 17.9 Å². The predicted molar refractivity (Wildman–Crippen MR) is 83.2 cm³/mol. The summed E-state index contributed by atoms with van der Waals surface area (Å²) in [7, 11) is -2.99. The first kappa shape index (κ1) is 15.7. The molecule has 0 saturated carbocycles. The van der Waals surface area contributed by atoms with Gasteiger partial charge in [0.1, 0.15) is 0 Å². The zero-order valence-corrected chi connectivity index (χ0v) is 13.2. The number of sulfone groups is 1. The number of nitrogens with zero attached hydrogens (tertiary/aromatic N) is 3. The summed E-state index contributed by atoms with van der Waals surface area (Å²) < 4.78 is 25.1. The van der Waals surface area contributed by atoms with Crippen LogP contribution in [0.1, 0.15) is 40.4 Å². The highest BCUT2D eigenvalue weighted by molar-refractivity contribution is 7.91. The second kappa shape index (κ2) is 6.11. The smallest absolute Gasteiger partial charge is 0.335 e. The van der Waals surface area contributed by atoms with Crippen molar-refractivity contribution in [2.75, 3.05) is 11.5 Å². The number of aromatic nitrogens is 3. The van der Waals surface area contributed by atoms with E-state index in [0.717, 1.165) is 12.0 Å². The minimum atomic E-state index is -2.99. The molecule has 1 aliphatic rings. The van der Waals surface area contributed by atoms with Gasteiger partial charge in [-0.3, -0.25) is 0 Å². The number of hydrogen-bond acceptors (Lipinski definition) is 5. The molecule has 1 atom stereocenters. The second-order valence-corrected chi connectivity index (χ2v) is 8.03. The summed E-state index contributed by atoms with van der Waals surface area (Å²) in [6.45, 7) is 0.396. The van der Waals surface area contributed by atoms with Crippen molar-refractivity contribution in [3.8, 4) is 0 Å². The first-order valence-electron chi connectivity index (χ1n) is 7.36. The average molecular weight is 335 g/mol. The third-order valence-corrected chi connectivity index (χ3v) is 5.78. The van der Waals surface area contributed by atoms with Crippen molar-refractivity contribution in [1.82, 2.24) is 15.0 Å². The molecule has 7 nitrogen and oxygen atoms in total. The van der Waals surface area contributed by atoms with E-state index in [2.05, 4.69) is 10.3 Å². The van der Waals surface area contributed by atoms with Crippen molar-refractivity contribution in [1.29, 1.82) is 0 Å². The van der Waals surface area contributed by atoms with Crippen LogP contribution in [-0.2, 0) is 16.4 Å². The fourth-order valence-electron chi connectivity index (χ4n) is 2.82. The molecule has 0 bridgehead atoms. The first-order chi connectivity index (χ1) is 10.9. The van der Waals surface area contributed by atoms with E-state index in [9.17, 15) is 13.2 Å². The lowest BCUT2D eigenvalue weighted by Crippen LogP contribution is -2.23. The Morgan fingerprint density at radius 3 is 2.96 bits per heavy atom. The van der Waals surface area contributed by atoms with Gasteiger partial charge in [0.15, 0.2) is 9.84 Å². The van der Waals surface area contributed by atoms with Gasteiger partial charge in [0.25, 0.3) is 0 Å². The minimum absolute atomic E-state index is 0.104. The second-order valence-electron chi connectivity index (χ2n) is 5.80. The van der Waals surface area contributed by atoms with Crippen molar-refractivity contribution in [3.63, 3.8) is 0 Å². The Kier molecular flexibility index (Phi) is 4.16. The Morgan fingerprint density at radius 1 is 1.39 bits per heavy atom. The topological polar surface area (TPSA) is 102 Å². The molecule has 23 heavy (non-hydrogen) atoms. The van der Waals surface area contributed by atoms with Gasteiger partial charge < -0.3 is 5.11 Å². The maximum atomic E-state index is 11.7. The van der Waals surface area contributed by atoms with Crippen LogP contribution in [0.15, 0.2) is 30.5 Å². The lowest BCUT2D eigenvalue weighted by atomic mass is 10.0. The molecule has 0 radical (unpaired) electrons. The number of aromatic carboxylic acids is 1. The molecule has 1 aromatic carbocycles. The highest BCUT2D eigenvalue weighted by Crippen LogP contribution is 2.26. The molecular weight excluding hydrogens is 318 g/mol. The zero-order chi connectivity index (χ0) is 16.4. The van der Waals surface area contributed by atoms with Crippen LogP contribution in [-0.4, -0.2) is 46.0 Å². The van der Waals surface area contributed by atoms with Crippen molar-refractivity contribution in [2.45, 2.75) is 25.3 Å². The first-order valence-corrected chi connectivity index (χ1v) is 9.18. The van der Waals surface area contributed by atoms with Crippen LogP contribution in [0.4, 0.5) is 0 Å². The Hall–Kier alpha value is -2.22. The van der Waals surface area contributed by atoms with Crippen LogP contribution in [0.5, 0.6) is 0 Å². The number of carbonyl (C=O) groups is 1. The lowest BCUT2D eigenvalue weighted by Gasteiger charge is -2.19. The molecule has 1 aromatic heterocycles. The van der Waals surface area contributed by atoms with Gasteiger partial charge in [-0.2, -0.15) is 0 Å². The molecule has 1 N–H and O–H groups in total. The Morgan fingerprint density at radius 2 is 2.22 bits per heavy atom. The van der Waals surface area contributed by atoms with E-state index in [1.807, 2.05) is 6.07 Å². The van der Waals surface area contributed by atoms with Crippen molar-refractivity contribution in [3.05, 3.63) is 47.3 Å². The molecule has 0 amide bonds. The summed E-state index contributed by atoms with van der Waals surface area (Å²) in [5.74, 6) is -0.703. The van der Waals surface area contributed by atoms with E-state index in [0.29, 0.717) is 18.7 Å². The molecule has 2 aromatic rings. The van der Waals surface area contributed by atoms with Crippen LogP contribution in [0.25, 0.3) is 0 Å². The van der Waals surface area contributed by atoms with Crippen LogP contribution in [0.3, 0.4) is 0 Å². The number of carboxylic acid groups (broad SMARTS) is 1. The summed E-state index contributed by atoms with van der Waals surface area (Å²) >= 11 is 0. The Bertz CT molecular complexity index is 829. The standard InChI is InChI=1S/C15H17N3O4S/c19-15(20)12-4-1-3-11(7-12)8-18-9-14(16-17-18)13-5-2-6-23(21,22)10-13/h1,3-4,7,9,13H,2,5-6,8,10H2,(H,19,20). The maximum absolute atomic E-state index is 11.7. The van der Waals surface area contributed by atoms with Gasteiger partial charge in [0.05, 0.1) is 29.3 Å². The molecule has 0 aliphatic carbocycles. The van der Waals surface area contributed by atoms with Crippen molar-refractivity contribution < 1.29 is 18.3 Å². The van der Waals surface area contributed by atoms with Crippen LogP contribution in [0, 0.1) is 0 Å². The van der Waals surface area contributed by atoms with Gasteiger partial charge >= 0.3 is 5.97 Å². The molecule has 2 heterocycles. The van der Waals surface area contributed by atoms with Gasteiger partial charge in [0.2, 0.25) is 0 Å². The molecule has 0 spiro atoms. The van der Waals surface area contributed by atoms with Gasteiger partial charge in [-0.05, 0) is 30.5 Å². The number of hydrogen-bond donors (Lipinski definition) is 1. The van der Waals surface area contributed by atoms with E-state index in [1.165, 1.54) is 6.07 Å². The van der Waals surface area contributed by atoms with Crippen LogP contribution in [0.2, 0.25) is 0 Å². The highest BCUT2D eigenvalue weighted by atomic mass is 32.2. The van der Waals surface area contributed by atoms with E-state index >= 15 is 0 Å². The zero-order valence-electron chi connectivity index (χ0n) is 12.4. The Labute approximate surface area is 133 Å². The molecule has 1 saturated heterocycles. The van der Waals surface area contributed by atoms with Crippen molar-refractivity contribution >= 4 is 15.8 Å². The molecule has 1 unspecified atom stereocenters. The highest BCUT2D eigenvalue weighted by Gasteiger charge is 2.27. The van der Waals surface area contributed by atoms with E-state index in [-0.39, 0.29) is 23.0 Å². The van der Waals surface area contributed by atoms with Gasteiger partial charge in [-0.15, -0.1) is 5.10 Å². The molecule has 1 fully saturated rings. The van der Waals surface area contributed by atoms with Gasteiger partial charge in [0, 0.05) is 12.1 Å². The summed E-state index contributed by atoms with van der Waals surface area (Å²) in [5.41, 5.74) is 1.71. The lowest BCUT2D eigenvalue weighted by molar-refractivity contribution is 0.0696. The molecule has 3 rings (SSSR count). The minimum Gasteiger partial charge on any atom is -0.478 e. The van der Waals surface area contributed by atoms with E-state index < -0.39 is 15.8 Å². The third kappa shape index (κ3) is 3.76. The summed E-state index contributed by atoms with van der Waals surface area (Å²) in [5, 5.41) is 17.1. The Balaban J connectivity index is 1.75. The van der Waals surface area contributed by atoms with Crippen LogP contribution < -0.4 is 0 Å². The summed E-state index contributed by atoms with van der Waals surface area (Å²) in [4.78, 5) is 11.0.